The first-order valence-electron chi connectivity index (χ1n) is 4.89. The normalized spacial score (nSPS) is 11.8. The Kier molecular flexibility index (Phi) is 3.10. The molecule has 0 saturated carbocycles. The molecule has 0 unspecified atom stereocenters. The van der Waals surface area contributed by atoms with Crippen molar-refractivity contribution in [2.45, 2.75) is 13.1 Å². The lowest BCUT2D eigenvalue weighted by Gasteiger charge is -2.11. The summed E-state index contributed by atoms with van der Waals surface area (Å²) in [6.07, 6.45) is -4.48. The summed E-state index contributed by atoms with van der Waals surface area (Å²) in [5.74, 6) is 0.119. The molecule has 3 nitrogen and oxygen atoms in total. The first-order valence-corrected chi connectivity index (χ1v) is 5.69. The summed E-state index contributed by atoms with van der Waals surface area (Å²) in [5.41, 5.74) is 4.99. The zero-order chi connectivity index (χ0) is 13.5. The lowest BCUT2D eigenvalue weighted by atomic mass is 10.0. The van der Waals surface area contributed by atoms with Gasteiger partial charge >= 0.3 is 6.18 Å². The Morgan fingerprint density at radius 1 is 1.33 bits per heavy atom. The van der Waals surface area contributed by atoms with E-state index in [0.717, 1.165) is 6.07 Å². The molecule has 0 spiro atoms. The van der Waals surface area contributed by atoms with Crippen LogP contribution in [-0.4, -0.2) is 5.16 Å². The highest BCUT2D eigenvalue weighted by molar-refractivity contribution is 9.10. The third kappa shape index (κ3) is 2.22. The number of nitrogens with zero attached hydrogens (tertiary/aromatic N) is 1. The Bertz CT molecular complexity index is 592. The van der Waals surface area contributed by atoms with E-state index in [-0.39, 0.29) is 17.1 Å². The summed E-state index contributed by atoms with van der Waals surface area (Å²) >= 11 is 3.01. The second-order valence-corrected chi connectivity index (χ2v) is 4.63. The van der Waals surface area contributed by atoms with Gasteiger partial charge in [-0.1, -0.05) is 21.1 Å². The second-order valence-electron chi connectivity index (χ2n) is 3.71. The van der Waals surface area contributed by atoms with Crippen LogP contribution >= 0.6 is 15.9 Å². The van der Waals surface area contributed by atoms with E-state index in [2.05, 4.69) is 21.1 Å². The minimum Gasteiger partial charge on any atom is -0.381 e. The van der Waals surface area contributed by atoms with Crippen molar-refractivity contribution in [2.24, 2.45) is 0 Å². The highest BCUT2D eigenvalue weighted by Gasteiger charge is 2.35. The van der Waals surface area contributed by atoms with Crippen LogP contribution in [0.15, 0.2) is 27.2 Å². The number of halogens is 4. The van der Waals surface area contributed by atoms with E-state index >= 15 is 0 Å². The van der Waals surface area contributed by atoms with Gasteiger partial charge in [0.1, 0.15) is 0 Å². The van der Waals surface area contributed by atoms with Crippen LogP contribution in [0.25, 0.3) is 11.3 Å². The van der Waals surface area contributed by atoms with Gasteiger partial charge in [-0.3, -0.25) is 0 Å². The Balaban J connectivity index is 2.68. The van der Waals surface area contributed by atoms with E-state index in [1.807, 2.05) is 0 Å². The average Bonchev–Trinajstić information content (AvgIpc) is 2.59. The lowest BCUT2D eigenvalue weighted by molar-refractivity contribution is -0.137. The lowest BCUT2D eigenvalue weighted by Crippen LogP contribution is -2.07. The molecule has 0 saturated heterocycles. The van der Waals surface area contributed by atoms with Gasteiger partial charge in [-0.25, -0.2) is 0 Å². The molecule has 2 rings (SSSR count). The molecule has 2 aromatic rings. The summed E-state index contributed by atoms with van der Waals surface area (Å²) < 4.78 is 44.0. The molecule has 1 aromatic carbocycles. The topological polar surface area (TPSA) is 52.0 Å². The summed E-state index contributed by atoms with van der Waals surface area (Å²) in [5, 5.41) is 3.46. The molecular weight excluding hydrogens is 313 g/mol. The first-order chi connectivity index (χ1) is 8.30. The maximum atomic E-state index is 12.9. The molecule has 0 aliphatic carbocycles. The third-order valence-electron chi connectivity index (χ3n) is 2.49. The molecule has 0 radical (unpaired) electrons. The van der Waals surface area contributed by atoms with Crippen molar-refractivity contribution in [1.29, 1.82) is 0 Å². The van der Waals surface area contributed by atoms with Crippen molar-refractivity contribution in [2.75, 3.05) is 5.73 Å². The number of benzene rings is 1. The number of rotatable bonds is 1. The van der Waals surface area contributed by atoms with E-state index in [0.29, 0.717) is 10.0 Å². The zero-order valence-electron chi connectivity index (χ0n) is 9.18. The van der Waals surface area contributed by atoms with Gasteiger partial charge < -0.3 is 10.3 Å². The summed E-state index contributed by atoms with van der Waals surface area (Å²) in [6.45, 7) is 1.56. The largest absolute Gasteiger partial charge is 0.417 e. The van der Waals surface area contributed by atoms with Crippen molar-refractivity contribution >= 4 is 21.7 Å². The second kappa shape index (κ2) is 4.31. The zero-order valence-corrected chi connectivity index (χ0v) is 10.8. The van der Waals surface area contributed by atoms with Crippen LogP contribution in [0.1, 0.15) is 11.1 Å². The maximum absolute atomic E-state index is 12.9. The molecule has 0 amide bonds. The number of aromatic nitrogens is 1. The number of hydrogen-bond acceptors (Lipinski definition) is 3. The van der Waals surface area contributed by atoms with Gasteiger partial charge in [-0.05, 0) is 25.1 Å². The number of nitrogens with two attached hydrogens (primary N) is 1. The van der Waals surface area contributed by atoms with Crippen LogP contribution in [0.5, 0.6) is 0 Å². The van der Waals surface area contributed by atoms with Crippen molar-refractivity contribution < 1.29 is 17.7 Å². The van der Waals surface area contributed by atoms with Crippen LogP contribution in [-0.2, 0) is 6.18 Å². The van der Waals surface area contributed by atoms with Gasteiger partial charge in [0.05, 0.1) is 5.56 Å². The molecule has 1 heterocycles. The van der Waals surface area contributed by atoms with Gasteiger partial charge in [0.2, 0.25) is 0 Å². The molecule has 7 heteroatoms. The number of anilines is 1. The fourth-order valence-corrected chi connectivity index (χ4v) is 1.91. The molecule has 96 valence electrons. The predicted octanol–water partition coefficient (Wildman–Crippen LogP) is 4.01. The molecule has 0 aliphatic rings. The van der Waals surface area contributed by atoms with Crippen molar-refractivity contribution in [3.63, 3.8) is 0 Å². The van der Waals surface area contributed by atoms with Gasteiger partial charge in [0.15, 0.2) is 11.6 Å². The van der Waals surface area contributed by atoms with Crippen LogP contribution in [0, 0.1) is 6.92 Å². The van der Waals surface area contributed by atoms with E-state index in [1.54, 1.807) is 6.92 Å². The summed E-state index contributed by atoms with van der Waals surface area (Å²) in [4.78, 5) is 0. The molecule has 18 heavy (non-hydrogen) atoms. The predicted molar refractivity (Wildman–Crippen MR) is 63.8 cm³/mol. The number of hydrogen-bond donors (Lipinski definition) is 1. The van der Waals surface area contributed by atoms with E-state index < -0.39 is 11.7 Å². The Morgan fingerprint density at radius 3 is 2.50 bits per heavy atom. The average molecular weight is 321 g/mol. The minimum atomic E-state index is -4.48. The highest BCUT2D eigenvalue weighted by Crippen LogP contribution is 2.40. The first kappa shape index (κ1) is 12.9. The van der Waals surface area contributed by atoms with Crippen molar-refractivity contribution in [1.82, 2.24) is 5.16 Å². The minimum absolute atomic E-state index is 0.0346. The fourth-order valence-electron chi connectivity index (χ4n) is 1.55. The van der Waals surface area contributed by atoms with Gasteiger partial charge in [0, 0.05) is 15.6 Å². The van der Waals surface area contributed by atoms with Gasteiger partial charge in [-0.15, -0.1) is 0 Å². The monoisotopic (exact) mass is 320 g/mol. The molecule has 0 aliphatic heterocycles. The van der Waals surface area contributed by atoms with Crippen LogP contribution in [0.3, 0.4) is 0 Å². The molecule has 0 fully saturated rings. The van der Waals surface area contributed by atoms with Crippen LogP contribution in [0.2, 0.25) is 0 Å². The van der Waals surface area contributed by atoms with E-state index in [4.69, 9.17) is 10.3 Å². The van der Waals surface area contributed by atoms with E-state index in [9.17, 15) is 13.2 Å². The quantitative estimate of drug-likeness (QED) is 0.863. The van der Waals surface area contributed by atoms with Gasteiger partial charge in [-0.2, -0.15) is 13.2 Å². The molecule has 0 bridgehead atoms. The smallest absolute Gasteiger partial charge is 0.381 e. The van der Waals surface area contributed by atoms with Crippen LogP contribution < -0.4 is 5.73 Å². The van der Waals surface area contributed by atoms with Crippen LogP contribution in [0.4, 0.5) is 19.0 Å². The van der Waals surface area contributed by atoms with Crippen molar-refractivity contribution in [3.8, 4) is 11.3 Å². The Labute approximate surface area is 109 Å². The third-order valence-corrected chi connectivity index (χ3v) is 2.98. The fraction of sp³-hybridized carbons (Fsp3) is 0.182. The SMILES string of the molecule is Cc1c(N)noc1-c1ccc(Br)cc1C(F)(F)F. The van der Waals surface area contributed by atoms with Crippen molar-refractivity contribution in [3.05, 3.63) is 33.8 Å². The summed E-state index contributed by atoms with van der Waals surface area (Å²) in [6, 6.07) is 3.82. The highest BCUT2D eigenvalue weighted by atomic mass is 79.9. The number of nitrogen functional groups attached to an aromatic ring is 1. The molecule has 2 N–H and O–H groups in total. The molecule has 0 atom stereocenters. The van der Waals surface area contributed by atoms with E-state index in [1.165, 1.54) is 12.1 Å². The Hall–Kier alpha value is -1.50. The molecular formula is C11H8BrF3N2O. The Morgan fingerprint density at radius 2 is 2.00 bits per heavy atom. The summed E-state index contributed by atoms with van der Waals surface area (Å²) in [7, 11) is 0. The van der Waals surface area contributed by atoms with Gasteiger partial charge in [0.25, 0.3) is 0 Å². The maximum Gasteiger partial charge on any atom is 0.417 e. The number of alkyl halides is 3. The molecule has 1 aromatic heterocycles. The standard InChI is InChI=1S/C11H8BrF3N2O/c1-5-9(18-17-10(5)16)7-3-2-6(12)4-8(7)11(13,14)15/h2-4H,1H3,(H2,16,17).